The number of hydrogen-bond acceptors (Lipinski definition) is 7. The lowest BCUT2D eigenvalue weighted by atomic mass is 10.0. The van der Waals surface area contributed by atoms with Gasteiger partial charge in [0.2, 0.25) is 0 Å². The largest absolute Gasteiger partial charge is 0.493 e. The first-order valence-electron chi connectivity index (χ1n) is 15.7. The molecule has 0 spiro atoms. The summed E-state index contributed by atoms with van der Waals surface area (Å²) in [6.07, 6.45) is 7.20. The molecule has 2 atom stereocenters. The van der Waals surface area contributed by atoms with Crippen LogP contribution in [0.4, 0.5) is 16.2 Å². The van der Waals surface area contributed by atoms with Gasteiger partial charge in [-0.1, -0.05) is 13.8 Å². The fourth-order valence-corrected chi connectivity index (χ4v) is 6.23. The molecule has 3 aromatic rings. The summed E-state index contributed by atoms with van der Waals surface area (Å²) in [5.74, 6) is 2.43. The number of carbonyl (C=O) groups excluding carboxylic acids is 2. The summed E-state index contributed by atoms with van der Waals surface area (Å²) in [4.78, 5) is 27.8. The fourth-order valence-electron chi connectivity index (χ4n) is 6.23. The van der Waals surface area contributed by atoms with Gasteiger partial charge in [-0.25, -0.2) is 4.79 Å². The van der Waals surface area contributed by atoms with Crippen LogP contribution in [0.5, 0.6) is 28.7 Å². The Bertz CT molecular complexity index is 1490. The third-order valence-corrected chi connectivity index (χ3v) is 8.97. The molecule has 5 rings (SSSR count). The molecule has 2 fully saturated rings. The number of nitrogens with zero attached hydrogens (tertiary/aromatic N) is 1. The summed E-state index contributed by atoms with van der Waals surface area (Å²) in [6.45, 7) is 4.07. The van der Waals surface area contributed by atoms with Gasteiger partial charge in [-0.2, -0.15) is 0 Å². The first-order valence-corrected chi connectivity index (χ1v) is 15.7. The first kappa shape index (κ1) is 32.0. The lowest BCUT2D eigenvalue weighted by Gasteiger charge is -2.42. The molecule has 0 radical (unpaired) electrons. The maximum absolute atomic E-state index is 13.1. The van der Waals surface area contributed by atoms with Crippen LogP contribution in [0.2, 0.25) is 0 Å². The number of nitrogens with one attached hydrogen (secondary N) is 3. The molecule has 3 aromatic carbocycles. The van der Waals surface area contributed by atoms with Crippen LogP contribution in [0, 0.1) is 0 Å². The minimum absolute atomic E-state index is 0.119. The van der Waals surface area contributed by atoms with Crippen molar-refractivity contribution in [3.05, 3.63) is 66.2 Å². The molecule has 2 saturated heterocycles. The monoisotopic (exact) mass is 616 g/mol. The Morgan fingerprint density at radius 3 is 2.24 bits per heavy atom. The van der Waals surface area contributed by atoms with Crippen molar-refractivity contribution in [1.29, 1.82) is 0 Å². The molecule has 3 N–H and O–H groups in total. The zero-order chi connectivity index (χ0) is 32.0. The summed E-state index contributed by atoms with van der Waals surface area (Å²) < 4.78 is 23.7. The summed E-state index contributed by atoms with van der Waals surface area (Å²) >= 11 is 0. The van der Waals surface area contributed by atoms with Crippen LogP contribution >= 0.6 is 0 Å². The molecular weight excluding hydrogens is 572 g/mol. The van der Waals surface area contributed by atoms with Crippen molar-refractivity contribution in [2.75, 3.05) is 31.9 Å². The second kappa shape index (κ2) is 14.1. The second-order valence-corrected chi connectivity index (χ2v) is 11.7. The zero-order valence-corrected chi connectivity index (χ0v) is 26.8. The van der Waals surface area contributed by atoms with E-state index < -0.39 is 0 Å². The van der Waals surface area contributed by atoms with Crippen molar-refractivity contribution >= 4 is 23.3 Å². The molecule has 0 saturated carbocycles. The highest BCUT2D eigenvalue weighted by Gasteiger charge is 2.49. The molecule has 10 nitrogen and oxygen atoms in total. The second-order valence-electron chi connectivity index (χ2n) is 11.7. The van der Waals surface area contributed by atoms with Gasteiger partial charge in [-0.15, -0.1) is 0 Å². The topological polar surface area (TPSA) is 110 Å². The number of hydrogen-bond donors (Lipinski definition) is 3. The molecule has 2 unspecified atom stereocenters. The number of fused-ring (bicyclic) bond motifs is 2. The van der Waals surface area contributed by atoms with Crippen LogP contribution in [0.15, 0.2) is 60.7 Å². The number of urea groups is 1. The molecule has 240 valence electrons. The molecule has 0 aromatic heterocycles. The zero-order valence-electron chi connectivity index (χ0n) is 26.8. The van der Waals surface area contributed by atoms with Crippen LogP contribution in [-0.4, -0.2) is 55.9 Å². The normalized spacial score (nSPS) is 19.1. The maximum Gasteiger partial charge on any atom is 0.319 e. The number of methoxy groups -OCH3 is 2. The predicted molar refractivity (Wildman–Crippen MR) is 175 cm³/mol. The molecular formula is C35H44N4O6. The number of ether oxygens (including phenoxy) is 4. The van der Waals surface area contributed by atoms with Gasteiger partial charge < -0.3 is 34.9 Å². The molecule has 45 heavy (non-hydrogen) atoms. The van der Waals surface area contributed by atoms with Crippen molar-refractivity contribution < 1.29 is 28.5 Å². The van der Waals surface area contributed by atoms with E-state index in [1.165, 1.54) is 6.42 Å². The number of rotatable bonds is 12. The third kappa shape index (κ3) is 7.28. The minimum atomic E-state index is -0.310. The van der Waals surface area contributed by atoms with E-state index >= 15 is 0 Å². The van der Waals surface area contributed by atoms with Gasteiger partial charge in [0.1, 0.15) is 5.75 Å². The van der Waals surface area contributed by atoms with Crippen molar-refractivity contribution in [3.8, 4) is 28.7 Å². The number of anilines is 2. The van der Waals surface area contributed by atoms with E-state index in [4.69, 9.17) is 18.9 Å². The molecule has 2 aliphatic rings. The number of benzene rings is 3. The van der Waals surface area contributed by atoms with E-state index in [1.807, 2.05) is 19.9 Å². The molecule has 2 aliphatic heterocycles. The fraction of sp³-hybridized carbons (Fsp3) is 0.429. The van der Waals surface area contributed by atoms with Gasteiger partial charge in [-0.05, 0) is 93.7 Å². The predicted octanol–water partition coefficient (Wildman–Crippen LogP) is 7.41. The van der Waals surface area contributed by atoms with E-state index in [2.05, 4.69) is 27.9 Å². The Morgan fingerprint density at radius 2 is 1.53 bits per heavy atom. The Morgan fingerprint density at radius 1 is 0.844 bits per heavy atom. The highest BCUT2D eigenvalue weighted by Crippen LogP contribution is 2.45. The molecule has 2 bridgehead atoms. The van der Waals surface area contributed by atoms with Crippen molar-refractivity contribution in [2.24, 2.45) is 0 Å². The minimum Gasteiger partial charge on any atom is -0.493 e. The smallest absolute Gasteiger partial charge is 0.319 e. The summed E-state index contributed by atoms with van der Waals surface area (Å²) in [5, 5.41) is 8.72. The Hall–Kier alpha value is -4.44. The van der Waals surface area contributed by atoms with Gasteiger partial charge in [0, 0.05) is 47.9 Å². The van der Waals surface area contributed by atoms with Crippen molar-refractivity contribution in [3.63, 3.8) is 0 Å². The number of carbonyl (C=O) groups is 2. The lowest BCUT2D eigenvalue weighted by molar-refractivity contribution is -0.0833. The molecule has 10 heteroatoms. The van der Waals surface area contributed by atoms with Gasteiger partial charge in [0.05, 0.1) is 14.2 Å². The van der Waals surface area contributed by atoms with Crippen molar-refractivity contribution in [2.45, 2.75) is 76.6 Å². The van der Waals surface area contributed by atoms with Gasteiger partial charge in [-0.3, -0.25) is 9.69 Å². The van der Waals surface area contributed by atoms with E-state index in [9.17, 15) is 9.59 Å². The van der Waals surface area contributed by atoms with Gasteiger partial charge >= 0.3 is 6.03 Å². The highest BCUT2D eigenvalue weighted by atomic mass is 16.5. The van der Waals surface area contributed by atoms with Crippen LogP contribution in [0.1, 0.15) is 69.2 Å². The average Bonchev–Trinajstić information content (AvgIpc) is 3.20. The average molecular weight is 617 g/mol. The number of amides is 3. The van der Waals surface area contributed by atoms with Crippen molar-refractivity contribution in [1.82, 2.24) is 10.2 Å². The first-order chi connectivity index (χ1) is 21.8. The molecule has 2 heterocycles. The Labute approximate surface area is 265 Å². The third-order valence-electron chi connectivity index (χ3n) is 8.97. The van der Waals surface area contributed by atoms with Crippen LogP contribution in [0.25, 0.3) is 0 Å². The Balaban J connectivity index is 1.20. The van der Waals surface area contributed by atoms with Crippen LogP contribution < -0.4 is 34.9 Å². The summed E-state index contributed by atoms with van der Waals surface area (Å²) in [5.41, 5.74) is 1.35. The molecule has 3 amide bonds. The maximum atomic E-state index is 13.1. The van der Waals surface area contributed by atoms with E-state index in [0.717, 1.165) is 38.5 Å². The SMILES string of the molecule is CCC(CC)NC(=O)Nc1ccc(Oc2ccc(NC(=O)c3ccc(OC45CCCC(CC4)N5C)c(OC)c3)cc2)c(OC)c1. The Kier molecular flexibility index (Phi) is 10.0. The summed E-state index contributed by atoms with van der Waals surface area (Å²) in [7, 11) is 5.28. The van der Waals surface area contributed by atoms with Crippen LogP contribution in [0.3, 0.4) is 0 Å². The highest BCUT2D eigenvalue weighted by molar-refractivity contribution is 6.04. The van der Waals surface area contributed by atoms with Crippen LogP contribution in [-0.2, 0) is 0 Å². The summed E-state index contributed by atoms with van der Waals surface area (Å²) in [6, 6.07) is 18.0. The molecule has 0 aliphatic carbocycles. The number of piperidine rings is 1. The standard InChI is InChI=1S/C35H44N4O6/c1-6-24(7-2)37-34(41)38-26-13-17-29(32(22-26)43-5)44-28-14-11-25(12-15-28)36-33(40)23-10-16-30(31(21-23)42-4)45-35-19-8-9-27(18-20-35)39(35)3/h10-17,21-22,24,27H,6-9,18-20H2,1-5H3,(H,36,40)(H2,37,38,41). The quantitative estimate of drug-likeness (QED) is 0.194. The van der Waals surface area contributed by atoms with E-state index in [0.29, 0.717) is 51.7 Å². The van der Waals surface area contributed by atoms with Gasteiger partial charge in [0.15, 0.2) is 28.7 Å². The van der Waals surface area contributed by atoms with E-state index in [-0.39, 0.29) is 23.7 Å². The van der Waals surface area contributed by atoms with E-state index in [1.54, 1.807) is 68.8 Å². The van der Waals surface area contributed by atoms with Gasteiger partial charge in [0.25, 0.3) is 5.91 Å². The lowest BCUT2D eigenvalue weighted by Crippen LogP contribution is -2.51.